The number of nitrogens with zero attached hydrogens (tertiary/aromatic N) is 5. The quantitative estimate of drug-likeness (QED) is 0.362. The summed E-state index contributed by atoms with van der Waals surface area (Å²) < 4.78 is 12.1. The van der Waals surface area contributed by atoms with Crippen LogP contribution in [-0.4, -0.2) is 26.2 Å². The van der Waals surface area contributed by atoms with Crippen LogP contribution in [0.1, 0.15) is 16.9 Å². The summed E-state index contributed by atoms with van der Waals surface area (Å²) in [6, 6.07) is 21.6. The highest BCUT2D eigenvalue weighted by atomic mass is 16.5. The largest absolute Gasteiger partial charge is 0.465 e. The minimum absolute atomic E-state index is 0.00730. The standard InChI is InChI=1S/C22H15N5O3/c23-14-16-6-4-7-17(12-16)15-30-22(28)20(13-19-10-5-11-29-19)27-21(24-25-26-27)18-8-2-1-3-9-18/h1-13H,15H2/b20-13-. The van der Waals surface area contributed by atoms with Gasteiger partial charge in [0.25, 0.3) is 0 Å². The monoisotopic (exact) mass is 397 g/mol. The molecule has 0 aliphatic rings. The molecule has 0 atom stereocenters. The van der Waals surface area contributed by atoms with Crippen LogP contribution in [0.4, 0.5) is 0 Å². The Kier molecular flexibility index (Phi) is 5.44. The van der Waals surface area contributed by atoms with Gasteiger partial charge in [0.2, 0.25) is 0 Å². The first-order valence-corrected chi connectivity index (χ1v) is 9.00. The fourth-order valence-electron chi connectivity index (χ4n) is 2.78. The van der Waals surface area contributed by atoms with Gasteiger partial charge in [0, 0.05) is 11.6 Å². The van der Waals surface area contributed by atoms with Crippen molar-refractivity contribution in [1.82, 2.24) is 20.2 Å². The highest BCUT2D eigenvalue weighted by molar-refractivity contribution is 6.15. The van der Waals surface area contributed by atoms with Gasteiger partial charge in [-0.15, -0.1) is 5.10 Å². The van der Waals surface area contributed by atoms with Crippen molar-refractivity contribution in [1.29, 1.82) is 5.26 Å². The SMILES string of the molecule is N#Cc1cccc(COC(=O)/C(=C/c2ccco2)n2nnnc2-c2ccccc2)c1. The number of carbonyl (C=O) groups excluding carboxylic acids is 1. The Labute approximate surface area is 171 Å². The van der Waals surface area contributed by atoms with E-state index in [0.29, 0.717) is 22.7 Å². The summed E-state index contributed by atoms with van der Waals surface area (Å²) in [5.74, 6) is 0.193. The number of ether oxygens (including phenoxy) is 1. The summed E-state index contributed by atoms with van der Waals surface area (Å²) in [7, 11) is 0. The van der Waals surface area contributed by atoms with Crippen molar-refractivity contribution in [3.63, 3.8) is 0 Å². The van der Waals surface area contributed by atoms with E-state index in [2.05, 4.69) is 21.6 Å². The maximum atomic E-state index is 13.0. The molecule has 0 bridgehead atoms. The van der Waals surface area contributed by atoms with Gasteiger partial charge in [-0.1, -0.05) is 42.5 Å². The van der Waals surface area contributed by atoms with Crippen molar-refractivity contribution in [3.05, 3.63) is 89.9 Å². The van der Waals surface area contributed by atoms with Gasteiger partial charge in [-0.05, 0) is 40.3 Å². The third-order valence-corrected chi connectivity index (χ3v) is 4.19. The van der Waals surface area contributed by atoms with Crippen LogP contribution < -0.4 is 0 Å². The molecule has 2 aromatic heterocycles. The van der Waals surface area contributed by atoms with Crippen molar-refractivity contribution in [3.8, 4) is 17.5 Å². The Morgan fingerprint density at radius 2 is 2.00 bits per heavy atom. The molecule has 0 N–H and O–H groups in total. The summed E-state index contributed by atoms with van der Waals surface area (Å²) in [5.41, 5.74) is 2.01. The van der Waals surface area contributed by atoms with Crippen LogP contribution in [-0.2, 0) is 16.1 Å². The second kappa shape index (κ2) is 8.67. The minimum atomic E-state index is -0.641. The molecule has 0 saturated carbocycles. The number of tetrazole rings is 1. The van der Waals surface area contributed by atoms with Gasteiger partial charge < -0.3 is 9.15 Å². The number of furan rings is 1. The van der Waals surface area contributed by atoms with Gasteiger partial charge >= 0.3 is 5.97 Å². The lowest BCUT2D eigenvalue weighted by Crippen LogP contribution is -2.15. The fourth-order valence-corrected chi connectivity index (χ4v) is 2.78. The number of esters is 1. The molecule has 146 valence electrons. The third-order valence-electron chi connectivity index (χ3n) is 4.19. The lowest BCUT2D eigenvalue weighted by molar-refractivity contribution is -0.138. The zero-order valence-electron chi connectivity index (χ0n) is 15.7. The summed E-state index contributed by atoms with van der Waals surface area (Å²) in [4.78, 5) is 13.0. The highest BCUT2D eigenvalue weighted by Gasteiger charge is 2.21. The van der Waals surface area contributed by atoms with Crippen LogP contribution in [0.2, 0.25) is 0 Å². The van der Waals surface area contributed by atoms with E-state index in [1.807, 2.05) is 30.3 Å². The molecule has 0 saturated heterocycles. The van der Waals surface area contributed by atoms with Crippen LogP contribution in [0.25, 0.3) is 23.2 Å². The maximum absolute atomic E-state index is 13.0. The van der Waals surface area contributed by atoms with Crippen LogP contribution >= 0.6 is 0 Å². The Morgan fingerprint density at radius 1 is 1.13 bits per heavy atom. The molecule has 0 aliphatic carbocycles. The number of rotatable bonds is 6. The molecule has 30 heavy (non-hydrogen) atoms. The van der Waals surface area contributed by atoms with Crippen molar-refractivity contribution in [2.75, 3.05) is 0 Å². The zero-order chi connectivity index (χ0) is 20.8. The number of hydrogen-bond acceptors (Lipinski definition) is 7. The van der Waals surface area contributed by atoms with Gasteiger partial charge in [0.05, 0.1) is 17.9 Å². The smallest absolute Gasteiger partial charge is 0.357 e. The lowest BCUT2D eigenvalue weighted by atomic mass is 10.1. The van der Waals surface area contributed by atoms with E-state index in [1.165, 1.54) is 17.0 Å². The van der Waals surface area contributed by atoms with E-state index in [-0.39, 0.29) is 12.3 Å². The third kappa shape index (κ3) is 4.15. The van der Waals surface area contributed by atoms with Crippen molar-refractivity contribution in [2.24, 2.45) is 0 Å². The molecule has 2 heterocycles. The van der Waals surface area contributed by atoms with Gasteiger partial charge in [-0.2, -0.15) is 9.94 Å². The normalized spacial score (nSPS) is 11.1. The van der Waals surface area contributed by atoms with Crippen molar-refractivity contribution >= 4 is 17.7 Å². The zero-order valence-corrected chi connectivity index (χ0v) is 15.7. The predicted molar refractivity (Wildman–Crippen MR) is 107 cm³/mol. The first kappa shape index (κ1) is 18.8. The lowest BCUT2D eigenvalue weighted by Gasteiger charge is -2.10. The second-order valence-electron chi connectivity index (χ2n) is 6.21. The molecule has 0 spiro atoms. The van der Waals surface area contributed by atoms with Gasteiger partial charge in [-0.25, -0.2) is 4.79 Å². The molecule has 0 fully saturated rings. The Bertz CT molecular complexity index is 1220. The van der Waals surface area contributed by atoms with E-state index < -0.39 is 5.97 Å². The first-order valence-electron chi connectivity index (χ1n) is 9.00. The molecule has 4 aromatic rings. The fraction of sp³-hybridized carbons (Fsp3) is 0.0455. The Morgan fingerprint density at radius 3 is 2.77 bits per heavy atom. The number of carbonyl (C=O) groups is 1. The van der Waals surface area contributed by atoms with E-state index >= 15 is 0 Å². The molecular formula is C22H15N5O3. The maximum Gasteiger partial charge on any atom is 0.357 e. The van der Waals surface area contributed by atoms with Crippen LogP contribution in [0.3, 0.4) is 0 Å². The van der Waals surface area contributed by atoms with Crippen LogP contribution in [0, 0.1) is 11.3 Å². The van der Waals surface area contributed by atoms with Crippen LogP contribution in [0.5, 0.6) is 0 Å². The van der Waals surface area contributed by atoms with E-state index in [4.69, 9.17) is 14.4 Å². The second-order valence-corrected chi connectivity index (χ2v) is 6.21. The minimum Gasteiger partial charge on any atom is -0.465 e. The predicted octanol–water partition coefficient (Wildman–Crippen LogP) is 3.55. The molecule has 0 unspecified atom stereocenters. The molecule has 0 radical (unpaired) electrons. The van der Waals surface area contributed by atoms with E-state index in [1.54, 1.807) is 36.4 Å². The summed E-state index contributed by atoms with van der Waals surface area (Å²) in [6.07, 6.45) is 3.01. The molecule has 2 aromatic carbocycles. The molecule has 4 rings (SSSR count). The topological polar surface area (TPSA) is 107 Å². The Balaban J connectivity index is 1.66. The number of benzene rings is 2. The van der Waals surface area contributed by atoms with Crippen LogP contribution in [0.15, 0.2) is 77.4 Å². The summed E-state index contributed by atoms with van der Waals surface area (Å²) in [5, 5.41) is 20.8. The number of nitriles is 1. The first-order chi connectivity index (χ1) is 14.7. The van der Waals surface area contributed by atoms with Crippen molar-refractivity contribution < 1.29 is 13.9 Å². The van der Waals surface area contributed by atoms with Crippen molar-refractivity contribution in [2.45, 2.75) is 6.61 Å². The molecule has 8 heteroatoms. The number of aromatic nitrogens is 4. The van der Waals surface area contributed by atoms with E-state index in [0.717, 1.165) is 5.56 Å². The molecule has 0 aliphatic heterocycles. The summed E-state index contributed by atoms with van der Waals surface area (Å²) >= 11 is 0. The average Bonchev–Trinajstić information content (AvgIpc) is 3.48. The van der Waals surface area contributed by atoms with E-state index in [9.17, 15) is 4.79 Å². The number of hydrogen-bond donors (Lipinski definition) is 0. The van der Waals surface area contributed by atoms with Gasteiger partial charge in [0.1, 0.15) is 12.4 Å². The molecule has 8 nitrogen and oxygen atoms in total. The molecular weight excluding hydrogens is 382 g/mol. The van der Waals surface area contributed by atoms with Gasteiger partial charge in [-0.3, -0.25) is 0 Å². The van der Waals surface area contributed by atoms with Gasteiger partial charge in [0.15, 0.2) is 11.5 Å². The average molecular weight is 397 g/mol. The Hall–Kier alpha value is -4.51. The summed E-state index contributed by atoms with van der Waals surface area (Å²) in [6.45, 7) is -0.00730. The molecule has 0 amide bonds. The highest BCUT2D eigenvalue weighted by Crippen LogP contribution is 2.21.